The van der Waals surface area contributed by atoms with Gasteiger partial charge in [0.1, 0.15) is 0 Å². The van der Waals surface area contributed by atoms with Crippen molar-refractivity contribution in [2.24, 2.45) is 11.8 Å². The smallest absolute Gasteiger partial charge is 0.00894 e. The van der Waals surface area contributed by atoms with E-state index in [1.165, 1.54) is 12.8 Å². The Balaban J connectivity index is 3.87. The van der Waals surface area contributed by atoms with Crippen LogP contribution in [0, 0.1) is 11.8 Å². The van der Waals surface area contributed by atoms with E-state index in [-0.39, 0.29) is 0 Å². The first-order valence-electron chi connectivity index (χ1n) is 5.73. The van der Waals surface area contributed by atoms with Crippen molar-refractivity contribution in [1.29, 1.82) is 0 Å². The topological polar surface area (TPSA) is 3.24 Å². The minimum Gasteiger partial charge on any atom is -0.304 e. The number of nitrogens with zero attached hydrogens (tertiary/aromatic N) is 1. The van der Waals surface area contributed by atoms with Gasteiger partial charge in [-0.05, 0) is 38.8 Å². The van der Waals surface area contributed by atoms with Crippen LogP contribution in [-0.2, 0) is 0 Å². The molecule has 0 aliphatic rings. The van der Waals surface area contributed by atoms with Crippen LogP contribution >= 0.6 is 0 Å². The first kappa shape index (κ1) is 13.0. The van der Waals surface area contributed by atoms with Crippen LogP contribution in [-0.4, -0.2) is 24.5 Å². The molecule has 1 nitrogen and oxygen atoms in total. The van der Waals surface area contributed by atoms with Crippen molar-refractivity contribution in [1.82, 2.24) is 4.90 Å². The SMILES string of the molecule is CCC(C)CC(C)C(C)N(C)CC. The van der Waals surface area contributed by atoms with Crippen LogP contribution in [0.3, 0.4) is 0 Å². The molecule has 0 radical (unpaired) electrons. The van der Waals surface area contributed by atoms with Crippen molar-refractivity contribution in [3.8, 4) is 0 Å². The molecule has 3 atom stereocenters. The second-order valence-electron chi connectivity index (χ2n) is 4.54. The van der Waals surface area contributed by atoms with E-state index in [1.807, 2.05) is 0 Å². The Labute approximate surface area is 84.5 Å². The van der Waals surface area contributed by atoms with Crippen molar-refractivity contribution >= 4 is 0 Å². The van der Waals surface area contributed by atoms with E-state index in [0.717, 1.165) is 24.4 Å². The molecule has 0 rings (SSSR count). The molecule has 0 fully saturated rings. The predicted octanol–water partition coefficient (Wildman–Crippen LogP) is 3.40. The van der Waals surface area contributed by atoms with Crippen LogP contribution in [0.15, 0.2) is 0 Å². The molecule has 0 heterocycles. The van der Waals surface area contributed by atoms with E-state index in [1.54, 1.807) is 0 Å². The van der Waals surface area contributed by atoms with E-state index in [4.69, 9.17) is 0 Å². The van der Waals surface area contributed by atoms with Gasteiger partial charge >= 0.3 is 0 Å². The van der Waals surface area contributed by atoms with Crippen LogP contribution < -0.4 is 0 Å². The van der Waals surface area contributed by atoms with Crippen molar-refractivity contribution in [2.75, 3.05) is 13.6 Å². The van der Waals surface area contributed by atoms with Crippen molar-refractivity contribution < 1.29 is 0 Å². The molecule has 0 spiro atoms. The summed E-state index contributed by atoms with van der Waals surface area (Å²) >= 11 is 0. The average Bonchev–Trinajstić information content (AvgIpc) is 2.14. The lowest BCUT2D eigenvalue weighted by Gasteiger charge is -2.30. The van der Waals surface area contributed by atoms with Gasteiger partial charge in [-0.25, -0.2) is 0 Å². The zero-order chi connectivity index (χ0) is 10.4. The highest BCUT2D eigenvalue weighted by Gasteiger charge is 2.17. The maximum atomic E-state index is 2.44. The molecule has 1 heteroatoms. The molecule has 0 amide bonds. The predicted molar refractivity (Wildman–Crippen MR) is 61.0 cm³/mol. The van der Waals surface area contributed by atoms with Gasteiger partial charge in [-0.15, -0.1) is 0 Å². The van der Waals surface area contributed by atoms with Gasteiger partial charge in [-0.1, -0.05) is 34.1 Å². The van der Waals surface area contributed by atoms with E-state index < -0.39 is 0 Å². The van der Waals surface area contributed by atoms with Gasteiger partial charge in [0, 0.05) is 6.04 Å². The summed E-state index contributed by atoms with van der Waals surface area (Å²) in [5, 5.41) is 0. The summed E-state index contributed by atoms with van der Waals surface area (Å²) in [6.07, 6.45) is 2.68. The second-order valence-corrected chi connectivity index (χ2v) is 4.54. The lowest BCUT2D eigenvalue weighted by molar-refractivity contribution is 0.187. The fraction of sp³-hybridized carbons (Fsp3) is 1.00. The second kappa shape index (κ2) is 6.42. The molecule has 3 unspecified atom stereocenters. The summed E-state index contributed by atoms with van der Waals surface area (Å²) in [6.45, 7) is 12.7. The molecular formula is C12H27N. The summed E-state index contributed by atoms with van der Waals surface area (Å²) in [4.78, 5) is 2.44. The number of hydrogen-bond donors (Lipinski definition) is 0. The molecule has 0 saturated carbocycles. The molecule has 0 aromatic rings. The first-order chi connectivity index (χ1) is 6.02. The Hall–Kier alpha value is -0.0400. The highest BCUT2D eigenvalue weighted by molar-refractivity contribution is 4.71. The zero-order valence-corrected chi connectivity index (χ0v) is 10.3. The molecule has 0 bridgehead atoms. The summed E-state index contributed by atoms with van der Waals surface area (Å²) in [7, 11) is 2.22. The molecular weight excluding hydrogens is 158 g/mol. The monoisotopic (exact) mass is 185 g/mol. The minimum absolute atomic E-state index is 0.721. The van der Waals surface area contributed by atoms with Gasteiger partial charge in [0.2, 0.25) is 0 Å². The molecule has 0 aliphatic heterocycles. The van der Waals surface area contributed by atoms with Crippen molar-refractivity contribution in [2.45, 2.75) is 53.5 Å². The van der Waals surface area contributed by atoms with Gasteiger partial charge < -0.3 is 4.90 Å². The van der Waals surface area contributed by atoms with Crippen molar-refractivity contribution in [3.05, 3.63) is 0 Å². The third-order valence-electron chi connectivity index (χ3n) is 3.49. The van der Waals surface area contributed by atoms with E-state index >= 15 is 0 Å². The normalized spacial score (nSPS) is 18.7. The van der Waals surface area contributed by atoms with E-state index in [0.29, 0.717) is 0 Å². The molecule has 0 aromatic carbocycles. The lowest BCUT2D eigenvalue weighted by Crippen LogP contribution is -2.34. The highest BCUT2D eigenvalue weighted by atomic mass is 15.1. The van der Waals surface area contributed by atoms with Gasteiger partial charge in [0.05, 0.1) is 0 Å². The fourth-order valence-corrected chi connectivity index (χ4v) is 1.72. The standard InChI is InChI=1S/C12H27N/c1-7-10(3)9-11(4)12(5)13(6)8-2/h10-12H,7-9H2,1-6H3. The molecule has 0 N–H and O–H groups in total. The maximum absolute atomic E-state index is 2.44. The third kappa shape index (κ3) is 4.66. The minimum atomic E-state index is 0.721. The van der Waals surface area contributed by atoms with Gasteiger partial charge in [0.25, 0.3) is 0 Å². The van der Waals surface area contributed by atoms with Crippen LogP contribution in [0.4, 0.5) is 0 Å². The summed E-state index contributed by atoms with van der Waals surface area (Å²) in [5.74, 6) is 1.70. The van der Waals surface area contributed by atoms with E-state index in [9.17, 15) is 0 Å². The first-order valence-corrected chi connectivity index (χ1v) is 5.73. The maximum Gasteiger partial charge on any atom is 0.00894 e. The van der Waals surface area contributed by atoms with Gasteiger partial charge in [0.15, 0.2) is 0 Å². The molecule has 80 valence electrons. The quantitative estimate of drug-likeness (QED) is 0.613. The Morgan fingerprint density at radius 1 is 1.08 bits per heavy atom. The summed E-state index contributed by atoms with van der Waals surface area (Å²) < 4.78 is 0. The molecule has 0 aliphatic carbocycles. The van der Waals surface area contributed by atoms with Gasteiger partial charge in [-0.2, -0.15) is 0 Å². The van der Waals surface area contributed by atoms with Crippen molar-refractivity contribution in [3.63, 3.8) is 0 Å². The zero-order valence-electron chi connectivity index (χ0n) is 10.3. The Bertz CT molecular complexity index is 122. The van der Waals surface area contributed by atoms with Crippen LogP contribution in [0.5, 0.6) is 0 Å². The van der Waals surface area contributed by atoms with Gasteiger partial charge in [-0.3, -0.25) is 0 Å². The molecule has 0 aromatic heterocycles. The number of hydrogen-bond acceptors (Lipinski definition) is 1. The number of rotatable bonds is 6. The summed E-state index contributed by atoms with van der Waals surface area (Å²) in [6, 6.07) is 0.721. The fourth-order valence-electron chi connectivity index (χ4n) is 1.72. The van der Waals surface area contributed by atoms with Crippen LogP contribution in [0.25, 0.3) is 0 Å². The van der Waals surface area contributed by atoms with E-state index in [2.05, 4.69) is 46.6 Å². The van der Waals surface area contributed by atoms with Crippen LogP contribution in [0.1, 0.15) is 47.5 Å². The molecule has 0 saturated heterocycles. The Morgan fingerprint density at radius 3 is 2.00 bits per heavy atom. The third-order valence-corrected chi connectivity index (χ3v) is 3.49. The average molecular weight is 185 g/mol. The highest BCUT2D eigenvalue weighted by Crippen LogP contribution is 2.20. The largest absolute Gasteiger partial charge is 0.304 e. The Morgan fingerprint density at radius 2 is 1.62 bits per heavy atom. The molecule has 13 heavy (non-hydrogen) atoms. The summed E-state index contributed by atoms with van der Waals surface area (Å²) in [5.41, 5.74) is 0. The van der Waals surface area contributed by atoms with Crippen LogP contribution in [0.2, 0.25) is 0 Å². The Kier molecular flexibility index (Phi) is 6.40. The lowest BCUT2D eigenvalue weighted by atomic mass is 9.90.